The number of hydrogen-bond acceptors (Lipinski definition) is 6. The van der Waals surface area contributed by atoms with E-state index in [-0.39, 0.29) is 41.1 Å². The van der Waals surface area contributed by atoms with Gasteiger partial charge in [-0.3, -0.25) is 24.3 Å². The molecule has 0 aliphatic carbocycles. The largest absolute Gasteiger partial charge is 0.497 e. The van der Waals surface area contributed by atoms with Crippen LogP contribution in [0.2, 0.25) is 0 Å². The summed E-state index contributed by atoms with van der Waals surface area (Å²) in [5.41, 5.74) is 2.42. The zero-order valence-electron chi connectivity index (χ0n) is 23.2. The first-order valence-corrected chi connectivity index (χ1v) is 14.1. The van der Waals surface area contributed by atoms with Crippen LogP contribution < -0.4 is 10.1 Å². The molecule has 2 fully saturated rings. The number of halogens is 1. The Morgan fingerprint density at radius 1 is 0.878 bits per heavy atom. The maximum Gasteiger partial charge on any atom is 0.270 e. The smallest absolute Gasteiger partial charge is 0.270 e. The van der Waals surface area contributed by atoms with Crippen LogP contribution in [0.4, 0.5) is 4.39 Å². The van der Waals surface area contributed by atoms with Crippen LogP contribution in [0.1, 0.15) is 62.5 Å². The van der Waals surface area contributed by atoms with E-state index < -0.39 is 0 Å². The van der Waals surface area contributed by atoms with Gasteiger partial charge >= 0.3 is 0 Å². The summed E-state index contributed by atoms with van der Waals surface area (Å²) in [4.78, 5) is 46.9. The number of aromatic nitrogens is 1. The molecular formula is C32H35FN4O4. The number of likely N-dealkylation sites (tertiary alicyclic amines) is 2. The number of benzene rings is 2. The number of rotatable bonds is 8. The zero-order valence-corrected chi connectivity index (χ0v) is 23.2. The van der Waals surface area contributed by atoms with Gasteiger partial charge in [-0.05, 0) is 79.8 Å². The van der Waals surface area contributed by atoms with Crippen LogP contribution in [-0.2, 0) is 6.54 Å². The fourth-order valence-corrected chi connectivity index (χ4v) is 5.52. The lowest BCUT2D eigenvalue weighted by atomic mass is 9.88. The molecule has 1 N–H and O–H groups in total. The number of nitrogens with one attached hydrogen (secondary N) is 1. The quantitative estimate of drug-likeness (QED) is 0.413. The Bertz CT molecular complexity index is 1350. The average molecular weight is 559 g/mol. The Morgan fingerprint density at radius 3 is 2.15 bits per heavy atom. The maximum absolute atomic E-state index is 13.2. The van der Waals surface area contributed by atoms with Gasteiger partial charge in [0, 0.05) is 56.4 Å². The van der Waals surface area contributed by atoms with Crippen molar-refractivity contribution in [3.63, 3.8) is 0 Å². The molecule has 0 unspecified atom stereocenters. The van der Waals surface area contributed by atoms with Gasteiger partial charge in [0.1, 0.15) is 17.3 Å². The first-order chi connectivity index (χ1) is 19.9. The summed E-state index contributed by atoms with van der Waals surface area (Å²) in [6.45, 7) is 3.56. The third-order valence-corrected chi connectivity index (χ3v) is 8.01. The summed E-state index contributed by atoms with van der Waals surface area (Å²) in [6.07, 6.45) is 4.27. The molecule has 2 aliphatic heterocycles. The van der Waals surface area contributed by atoms with Gasteiger partial charge in [-0.25, -0.2) is 4.39 Å². The fraction of sp³-hybridized carbons (Fsp3) is 0.375. The minimum Gasteiger partial charge on any atom is -0.497 e. The van der Waals surface area contributed by atoms with Crippen LogP contribution in [0.25, 0.3) is 0 Å². The van der Waals surface area contributed by atoms with Crippen molar-refractivity contribution in [2.45, 2.75) is 38.3 Å². The highest BCUT2D eigenvalue weighted by Gasteiger charge is 2.29. The Kier molecular flexibility index (Phi) is 9.04. The number of methoxy groups -OCH3 is 1. The summed E-state index contributed by atoms with van der Waals surface area (Å²) in [5.74, 6) is -0.140. The van der Waals surface area contributed by atoms with Crippen molar-refractivity contribution in [1.82, 2.24) is 20.1 Å². The van der Waals surface area contributed by atoms with Crippen molar-refractivity contribution in [3.05, 3.63) is 95.1 Å². The van der Waals surface area contributed by atoms with Gasteiger partial charge in [-0.2, -0.15) is 0 Å². The highest BCUT2D eigenvalue weighted by atomic mass is 19.1. The van der Waals surface area contributed by atoms with Crippen LogP contribution in [0.15, 0.2) is 66.9 Å². The van der Waals surface area contributed by atoms with Gasteiger partial charge in [0.2, 0.25) is 0 Å². The second-order valence-electron chi connectivity index (χ2n) is 10.7. The monoisotopic (exact) mass is 558 g/mol. The average Bonchev–Trinajstić information content (AvgIpc) is 3.02. The van der Waals surface area contributed by atoms with E-state index in [0.717, 1.165) is 38.2 Å². The summed E-state index contributed by atoms with van der Waals surface area (Å²) in [5, 5.41) is 3.09. The fourth-order valence-electron chi connectivity index (χ4n) is 5.52. The van der Waals surface area contributed by atoms with E-state index in [0.29, 0.717) is 37.1 Å². The number of hydrogen-bond donors (Lipinski definition) is 1. The molecule has 0 spiro atoms. The molecule has 41 heavy (non-hydrogen) atoms. The number of amides is 2. The third-order valence-electron chi connectivity index (χ3n) is 8.01. The first-order valence-electron chi connectivity index (χ1n) is 14.1. The Labute approximate surface area is 239 Å². The molecule has 0 atom stereocenters. The van der Waals surface area contributed by atoms with Crippen LogP contribution in [0.5, 0.6) is 5.75 Å². The minimum absolute atomic E-state index is 0.0166. The molecule has 5 rings (SSSR count). The summed E-state index contributed by atoms with van der Waals surface area (Å²) >= 11 is 0. The Hall–Kier alpha value is -4.11. The molecular weight excluding hydrogens is 523 g/mol. The molecule has 214 valence electrons. The van der Waals surface area contributed by atoms with Crippen molar-refractivity contribution in [3.8, 4) is 5.75 Å². The highest BCUT2D eigenvalue weighted by molar-refractivity contribution is 5.99. The van der Waals surface area contributed by atoms with Crippen LogP contribution in [0.3, 0.4) is 0 Å². The van der Waals surface area contributed by atoms with E-state index in [1.165, 1.54) is 36.0 Å². The number of carbonyl (C=O) groups is 3. The van der Waals surface area contributed by atoms with E-state index in [4.69, 9.17) is 4.74 Å². The van der Waals surface area contributed by atoms with Gasteiger partial charge in [0.25, 0.3) is 11.8 Å². The lowest BCUT2D eigenvalue weighted by molar-refractivity contribution is 0.0649. The van der Waals surface area contributed by atoms with Gasteiger partial charge in [-0.15, -0.1) is 0 Å². The van der Waals surface area contributed by atoms with Crippen molar-refractivity contribution in [2.75, 3.05) is 33.3 Å². The zero-order chi connectivity index (χ0) is 28.8. The molecule has 2 saturated heterocycles. The number of piperidine rings is 2. The normalized spacial score (nSPS) is 16.8. The molecule has 9 heteroatoms. The molecule has 3 aromatic rings. The molecule has 1 aromatic heterocycles. The van der Waals surface area contributed by atoms with Gasteiger partial charge in [0.05, 0.1) is 12.7 Å². The Morgan fingerprint density at radius 2 is 1.54 bits per heavy atom. The molecule has 0 radical (unpaired) electrons. The third kappa shape index (κ3) is 7.16. The minimum atomic E-state index is -0.374. The van der Waals surface area contributed by atoms with E-state index in [1.807, 2.05) is 12.1 Å². The van der Waals surface area contributed by atoms with E-state index in [9.17, 15) is 18.8 Å². The number of nitrogens with zero attached hydrogens (tertiary/aromatic N) is 3. The van der Waals surface area contributed by atoms with Crippen molar-refractivity contribution in [1.29, 1.82) is 0 Å². The SMILES string of the molecule is COc1ccc(CN2CCC(NC(=O)c3ccc(C(=O)N4CCC(C(=O)c5ccc(F)cc5)CC4)cn3)CC2)cc1. The van der Waals surface area contributed by atoms with Crippen LogP contribution >= 0.6 is 0 Å². The lowest BCUT2D eigenvalue weighted by Gasteiger charge is -2.32. The highest BCUT2D eigenvalue weighted by Crippen LogP contribution is 2.23. The summed E-state index contributed by atoms with van der Waals surface area (Å²) in [7, 11) is 1.66. The molecule has 2 amide bonds. The van der Waals surface area contributed by atoms with Crippen molar-refractivity contribution >= 4 is 17.6 Å². The van der Waals surface area contributed by atoms with E-state index >= 15 is 0 Å². The second-order valence-corrected chi connectivity index (χ2v) is 10.7. The number of Topliss-reactive ketones (excluding diaryl/α,β-unsaturated/α-hetero) is 1. The first kappa shape index (κ1) is 28.4. The van der Waals surface area contributed by atoms with Crippen LogP contribution in [-0.4, -0.2) is 71.7 Å². The van der Waals surface area contributed by atoms with E-state index in [2.05, 4.69) is 27.3 Å². The van der Waals surface area contributed by atoms with Gasteiger partial charge in [0.15, 0.2) is 5.78 Å². The molecule has 2 aliphatic rings. The number of carbonyl (C=O) groups excluding carboxylic acids is 3. The molecule has 2 aromatic carbocycles. The predicted molar refractivity (Wildman–Crippen MR) is 152 cm³/mol. The van der Waals surface area contributed by atoms with Gasteiger partial charge < -0.3 is 15.0 Å². The topological polar surface area (TPSA) is 91.8 Å². The molecule has 0 bridgehead atoms. The number of pyridine rings is 1. The van der Waals surface area contributed by atoms with Gasteiger partial charge in [-0.1, -0.05) is 12.1 Å². The Balaban J connectivity index is 1.06. The predicted octanol–water partition coefficient (Wildman–Crippen LogP) is 4.36. The second kappa shape index (κ2) is 13.0. The van der Waals surface area contributed by atoms with Crippen molar-refractivity contribution < 1.29 is 23.5 Å². The number of ketones is 1. The standard InChI is InChI=1S/C32H35FN4O4/c1-41-28-9-2-22(3-10-28)21-36-16-14-27(15-17-36)35-31(39)29-11-6-25(20-34-29)32(40)37-18-12-24(13-19-37)30(38)23-4-7-26(33)8-5-23/h2-11,20,24,27H,12-19,21H2,1H3,(H,35,39). The molecule has 8 nitrogen and oxygen atoms in total. The summed E-state index contributed by atoms with van der Waals surface area (Å²) in [6, 6.07) is 17.0. The molecule has 0 saturated carbocycles. The van der Waals surface area contributed by atoms with E-state index in [1.54, 1.807) is 24.1 Å². The maximum atomic E-state index is 13.2. The lowest BCUT2D eigenvalue weighted by Crippen LogP contribution is -2.44. The molecule has 3 heterocycles. The summed E-state index contributed by atoms with van der Waals surface area (Å²) < 4.78 is 18.4. The van der Waals surface area contributed by atoms with Crippen molar-refractivity contribution in [2.24, 2.45) is 5.92 Å². The van der Waals surface area contributed by atoms with Crippen LogP contribution in [0, 0.1) is 11.7 Å². The number of ether oxygens (including phenoxy) is 1.